The summed E-state index contributed by atoms with van der Waals surface area (Å²) < 4.78 is 0. The Bertz CT molecular complexity index is 726. The number of amides is 1. The predicted octanol–water partition coefficient (Wildman–Crippen LogP) is 2.81. The summed E-state index contributed by atoms with van der Waals surface area (Å²) in [6, 6.07) is 8.61. The lowest BCUT2D eigenvalue weighted by Crippen LogP contribution is -2.37. The van der Waals surface area contributed by atoms with E-state index < -0.39 is 5.97 Å². The summed E-state index contributed by atoms with van der Waals surface area (Å²) in [6.07, 6.45) is 1.52. The molecule has 1 aromatic carbocycles. The number of hydrogen-bond acceptors (Lipinski definition) is 3. The third-order valence-electron chi connectivity index (χ3n) is 4.00. The molecule has 1 aliphatic heterocycles. The molecule has 1 fully saturated rings. The van der Waals surface area contributed by atoms with Gasteiger partial charge in [0.05, 0.1) is 12.1 Å². The zero-order valence-electron chi connectivity index (χ0n) is 12.3. The molecular formula is C16H16ClN3O3. The van der Waals surface area contributed by atoms with E-state index in [1.165, 1.54) is 0 Å². The van der Waals surface area contributed by atoms with Crippen LogP contribution in [0.15, 0.2) is 30.3 Å². The largest absolute Gasteiger partial charge is 0.481 e. The van der Waals surface area contributed by atoms with Crippen LogP contribution >= 0.6 is 11.6 Å². The van der Waals surface area contributed by atoms with Gasteiger partial charge in [0.25, 0.3) is 5.91 Å². The first-order chi connectivity index (χ1) is 11.0. The van der Waals surface area contributed by atoms with E-state index in [-0.39, 0.29) is 18.4 Å². The topological polar surface area (TPSA) is 86.3 Å². The molecule has 2 N–H and O–H groups in total. The standard InChI is InChI=1S/C16H16ClN3O3/c17-11-5-3-10(4-6-11)13-9-14(19-18-13)16(23)20-7-1-2-12(20)8-15(21)22/h3-6,9,12H,1-2,7-8H2,(H,18,19)(H,21,22). The molecule has 120 valence electrons. The Morgan fingerprint density at radius 3 is 2.78 bits per heavy atom. The first kappa shape index (κ1) is 15.6. The fraction of sp³-hybridized carbons (Fsp3) is 0.312. The normalized spacial score (nSPS) is 17.4. The number of halogens is 1. The Morgan fingerprint density at radius 1 is 1.35 bits per heavy atom. The van der Waals surface area contributed by atoms with Crippen LogP contribution in [0.25, 0.3) is 11.3 Å². The number of rotatable bonds is 4. The van der Waals surface area contributed by atoms with Crippen LogP contribution in [0.5, 0.6) is 0 Å². The van der Waals surface area contributed by atoms with E-state index in [0.29, 0.717) is 23.0 Å². The highest BCUT2D eigenvalue weighted by molar-refractivity contribution is 6.30. The van der Waals surface area contributed by atoms with Crippen molar-refractivity contribution >= 4 is 23.5 Å². The highest BCUT2D eigenvalue weighted by atomic mass is 35.5. The van der Waals surface area contributed by atoms with Gasteiger partial charge in [0.1, 0.15) is 5.69 Å². The number of benzene rings is 1. The Kier molecular flexibility index (Phi) is 4.34. The molecule has 0 aliphatic carbocycles. The Labute approximate surface area is 138 Å². The van der Waals surface area contributed by atoms with E-state index in [9.17, 15) is 9.59 Å². The molecule has 23 heavy (non-hydrogen) atoms. The van der Waals surface area contributed by atoms with Gasteiger partial charge in [0, 0.05) is 23.2 Å². The van der Waals surface area contributed by atoms with E-state index in [1.54, 1.807) is 23.1 Å². The quantitative estimate of drug-likeness (QED) is 0.900. The van der Waals surface area contributed by atoms with Gasteiger partial charge in [0.15, 0.2) is 0 Å². The van der Waals surface area contributed by atoms with E-state index in [1.807, 2.05) is 12.1 Å². The number of likely N-dealkylation sites (tertiary alicyclic amines) is 1. The van der Waals surface area contributed by atoms with Crippen LogP contribution in [-0.2, 0) is 4.79 Å². The van der Waals surface area contributed by atoms with Gasteiger partial charge in [-0.3, -0.25) is 14.7 Å². The average molecular weight is 334 g/mol. The van der Waals surface area contributed by atoms with Crippen molar-refractivity contribution in [1.29, 1.82) is 0 Å². The van der Waals surface area contributed by atoms with Crippen LogP contribution < -0.4 is 0 Å². The fourth-order valence-electron chi connectivity index (χ4n) is 2.87. The molecular weight excluding hydrogens is 318 g/mol. The molecule has 2 heterocycles. The molecule has 3 rings (SSSR count). The van der Waals surface area contributed by atoms with Gasteiger partial charge in [-0.15, -0.1) is 0 Å². The molecule has 1 aromatic heterocycles. The maximum Gasteiger partial charge on any atom is 0.305 e. The molecule has 0 spiro atoms. The number of carbonyl (C=O) groups excluding carboxylic acids is 1. The van der Waals surface area contributed by atoms with Crippen molar-refractivity contribution in [2.75, 3.05) is 6.54 Å². The molecule has 0 radical (unpaired) electrons. The molecule has 1 amide bonds. The second-order valence-electron chi connectivity index (χ2n) is 5.57. The number of aromatic nitrogens is 2. The predicted molar refractivity (Wildman–Crippen MR) is 85.3 cm³/mol. The van der Waals surface area contributed by atoms with Crippen molar-refractivity contribution in [3.8, 4) is 11.3 Å². The van der Waals surface area contributed by atoms with E-state index in [4.69, 9.17) is 16.7 Å². The highest BCUT2D eigenvalue weighted by Crippen LogP contribution is 2.24. The number of carboxylic acid groups (broad SMARTS) is 1. The van der Waals surface area contributed by atoms with Crippen LogP contribution in [0.3, 0.4) is 0 Å². The maximum atomic E-state index is 12.6. The minimum atomic E-state index is -0.888. The van der Waals surface area contributed by atoms with Crippen LogP contribution in [0, 0.1) is 0 Å². The number of nitrogens with zero attached hydrogens (tertiary/aromatic N) is 2. The molecule has 1 aliphatic rings. The van der Waals surface area contributed by atoms with Gasteiger partial charge < -0.3 is 10.0 Å². The molecule has 2 aromatic rings. The van der Waals surface area contributed by atoms with Crippen molar-refractivity contribution in [3.63, 3.8) is 0 Å². The Hall–Kier alpha value is -2.34. The molecule has 6 nitrogen and oxygen atoms in total. The lowest BCUT2D eigenvalue weighted by atomic mass is 10.1. The average Bonchev–Trinajstić information content (AvgIpc) is 3.16. The Balaban J connectivity index is 1.78. The lowest BCUT2D eigenvalue weighted by molar-refractivity contribution is -0.137. The second kappa shape index (κ2) is 6.42. The number of aromatic amines is 1. The summed E-state index contributed by atoms with van der Waals surface area (Å²) in [5.41, 5.74) is 1.87. The van der Waals surface area contributed by atoms with E-state index in [0.717, 1.165) is 18.4 Å². The zero-order chi connectivity index (χ0) is 16.4. The molecule has 1 saturated heterocycles. The minimum absolute atomic E-state index is 0.0239. The number of aliphatic carboxylic acids is 1. The summed E-state index contributed by atoms with van der Waals surface area (Å²) in [5.74, 6) is -1.09. The number of nitrogens with one attached hydrogen (secondary N) is 1. The van der Waals surface area contributed by atoms with E-state index >= 15 is 0 Å². The number of carboxylic acids is 1. The summed E-state index contributed by atoms with van der Waals surface area (Å²) in [4.78, 5) is 25.1. The first-order valence-electron chi connectivity index (χ1n) is 7.38. The third kappa shape index (κ3) is 3.37. The molecule has 1 unspecified atom stereocenters. The van der Waals surface area contributed by atoms with Crippen molar-refractivity contribution in [3.05, 3.63) is 41.0 Å². The summed E-state index contributed by atoms with van der Waals surface area (Å²) in [7, 11) is 0. The van der Waals surface area contributed by atoms with Crippen LogP contribution in [0.1, 0.15) is 29.8 Å². The van der Waals surface area contributed by atoms with E-state index in [2.05, 4.69) is 10.2 Å². The van der Waals surface area contributed by atoms with Crippen LogP contribution in [0.4, 0.5) is 0 Å². The van der Waals surface area contributed by atoms with Crippen molar-refractivity contribution in [1.82, 2.24) is 15.1 Å². The summed E-state index contributed by atoms with van der Waals surface area (Å²) in [6.45, 7) is 0.575. The monoisotopic (exact) mass is 333 g/mol. The fourth-order valence-corrected chi connectivity index (χ4v) is 3.00. The van der Waals surface area contributed by atoms with Gasteiger partial charge in [-0.2, -0.15) is 5.10 Å². The number of hydrogen-bond donors (Lipinski definition) is 2. The van der Waals surface area contributed by atoms with Gasteiger partial charge >= 0.3 is 5.97 Å². The SMILES string of the molecule is O=C(O)CC1CCCN1C(=O)c1cc(-c2ccc(Cl)cc2)n[nH]1. The molecule has 0 bridgehead atoms. The summed E-state index contributed by atoms with van der Waals surface area (Å²) >= 11 is 5.86. The molecule has 0 saturated carbocycles. The number of carbonyl (C=O) groups is 2. The maximum absolute atomic E-state index is 12.6. The van der Waals surface area contributed by atoms with Crippen molar-refractivity contribution in [2.45, 2.75) is 25.3 Å². The smallest absolute Gasteiger partial charge is 0.305 e. The molecule has 1 atom stereocenters. The minimum Gasteiger partial charge on any atom is -0.481 e. The lowest BCUT2D eigenvalue weighted by Gasteiger charge is -2.22. The third-order valence-corrected chi connectivity index (χ3v) is 4.25. The zero-order valence-corrected chi connectivity index (χ0v) is 13.1. The number of H-pyrrole nitrogens is 1. The van der Waals surface area contributed by atoms with Gasteiger partial charge in [-0.1, -0.05) is 23.7 Å². The van der Waals surface area contributed by atoms with Crippen LogP contribution in [0.2, 0.25) is 5.02 Å². The highest BCUT2D eigenvalue weighted by Gasteiger charge is 2.31. The van der Waals surface area contributed by atoms with Gasteiger partial charge in [-0.05, 0) is 31.0 Å². The molecule has 7 heteroatoms. The van der Waals surface area contributed by atoms with Crippen LogP contribution in [-0.4, -0.2) is 44.7 Å². The first-order valence-corrected chi connectivity index (χ1v) is 7.76. The Morgan fingerprint density at radius 2 is 2.09 bits per heavy atom. The van der Waals surface area contributed by atoms with Gasteiger partial charge in [-0.25, -0.2) is 0 Å². The second-order valence-corrected chi connectivity index (χ2v) is 6.00. The van der Waals surface area contributed by atoms with Gasteiger partial charge in [0.2, 0.25) is 0 Å². The van der Waals surface area contributed by atoms with Crippen molar-refractivity contribution < 1.29 is 14.7 Å². The van der Waals surface area contributed by atoms with Crippen molar-refractivity contribution in [2.24, 2.45) is 0 Å². The summed E-state index contributed by atoms with van der Waals surface area (Å²) in [5, 5.41) is 16.5.